The number of hydrogen-bond acceptors (Lipinski definition) is 4. The third-order valence-electron chi connectivity index (χ3n) is 5.56. The van der Waals surface area contributed by atoms with E-state index >= 15 is 0 Å². The van der Waals surface area contributed by atoms with Crippen molar-refractivity contribution in [3.63, 3.8) is 0 Å². The average Bonchev–Trinajstić information content (AvgIpc) is 3.08. The van der Waals surface area contributed by atoms with Crippen LogP contribution in [0.5, 0.6) is 0 Å². The number of ether oxygens (including phenoxy) is 1. The Morgan fingerprint density at radius 3 is 3.00 bits per heavy atom. The highest BCUT2D eigenvalue weighted by Crippen LogP contribution is 2.45. The zero-order valence-electron chi connectivity index (χ0n) is 14.9. The standard InChI is InChI=1S/C20H20FN3OS/c1-11-19(15-5-3-4-13-6-7-14(21)8-16(13)15)17-9-25-10-18-23-22-12(2)24(18)20(17)26-11/h6-8,15H,3-5,9-10H2,1-2H3. The zero-order valence-corrected chi connectivity index (χ0v) is 15.7. The van der Waals surface area contributed by atoms with Crippen molar-refractivity contribution in [2.24, 2.45) is 0 Å². The summed E-state index contributed by atoms with van der Waals surface area (Å²) in [6.45, 7) is 5.18. The quantitative estimate of drug-likeness (QED) is 0.630. The van der Waals surface area contributed by atoms with Crippen LogP contribution in [0.25, 0.3) is 5.00 Å². The smallest absolute Gasteiger partial charge is 0.164 e. The number of nitrogens with zero attached hydrogens (tertiary/aromatic N) is 3. The molecule has 134 valence electrons. The lowest BCUT2D eigenvalue weighted by atomic mass is 9.78. The van der Waals surface area contributed by atoms with Gasteiger partial charge < -0.3 is 4.74 Å². The third-order valence-corrected chi connectivity index (χ3v) is 6.70. The molecule has 4 nitrogen and oxygen atoms in total. The minimum absolute atomic E-state index is 0.150. The Morgan fingerprint density at radius 1 is 1.23 bits per heavy atom. The maximum Gasteiger partial charge on any atom is 0.164 e. The summed E-state index contributed by atoms with van der Waals surface area (Å²) in [7, 11) is 0. The van der Waals surface area contributed by atoms with E-state index in [0.717, 1.165) is 41.5 Å². The van der Waals surface area contributed by atoms with E-state index in [0.29, 0.717) is 13.2 Å². The van der Waals surface area contributed by atoms with Gasteiger partial charge in [-0.1, -0.05) is 6.07 Å². The molecule has 0 spiro atoms. The van der Waals surface area contributed by atoms with Crippen LogP contribution in [-0.4, -0.2) is 14.8 Å². The summed E-state index contributed by atoms with van der Waals surface area (Å²) < 4.78 is 22.0. The number of halogens is 1. The third kappa shape index (κ3) is 2.36. The van der Waals surface area contributed by atoms with Crippen molar-refractivity contribution in [3.05, 3.63) is 62.8 Å². The predicted molar refractivity (Wildman–Crippen MR) is 98.4 cm³/mol. The Hall–Kier alpha value is -2.05. The second kappa shape index (κ2) is 5.99. The van der Waals surface area contributed by atoms with Gasteiger partial charge in [0, 0.05) is 16.4 Å². The van der Waals surface area contributed by atoms with Gasteiger partial charge in [-0.05, 0) is 61.9 Å². The highest BCUT2D eigenvalue weighted by Gasteiger charge is 2.31. The number of benzene rings is 1. The highest BCUT2D eigenvalue weighted by molar-refractivity contribution is 7.14. The average molecular weight is 369 g/mol. The molecular formula is C20H20FN3OS. The van der Waals surface area contributed by atoms with Crippen molar-refractivity contribution in [1.82, 2.24) is 14.8 Å². The number of thiophene rings is 1. The Morgan fingerprint density at radius 2 is 2.12 bits per heavy atom. The molecule has 3 aromatic rings. The first-order chi connectivity index (χ1) is 12.6. The molecule has 3 heterocycles. The summed E-state index contributed by atoms with van der Waals surface area (Å²) >= 11 is 1.77. The number of fused-ring (bicyclic) bond motifs is 4. The molecule has 2 aromatic heterocycles. The molecule has 0 bridgehead atoms. The molecule has 0 N–H and O–H groups in total. The maximum absolute atomic E-state index is 14.0. The molecule has 0 fully saturated rings. The molecule has 26 heavy (non-hydrogen) atoms. The van der Waals surface area contributed by atoms with E-state index in [1.807, 2.05) is 13.0 Å². The SMILES string of the molecule is Cc1sc2c(c1C1CCCc3ccc(F)cc31)COCc1nnc(C)n1-2. The molecule has 1 aromatic carbocycles. The fourth-order valence-electron chi connectivity index (χ4n) is 4.44. The first kappa shape index (κ1) is 16.1. The predicted octanol–water partition coefficient (Wildman–Crippen LogP) is 4.58. The normalized spacial score (nSPS) is 18.8. The molecule has 1 unspecified atom stereocenters. The fourth-order valence-corrected chi connectivity index (χ4v) is 5.73. The Balaban J connectivity index is 1.71. The number of aryl methyl sites for hydroxylation is 3. The highest BCUT2D eigenvalue weighted by atomic mass is 32.1. The second-order valence-electron chi connectivity index (χ2n) is 7.14. The van der Waals surface area contributed by atoms with Gasteiger partial charge >= 0.3 is 0 Å². The monoisotopic (exact) mass is 369 g/mol. The van der Waals surface area contributed by atoms with E-state index in [1.165, 1.54) is 21.6 Å². The van der Waals surface area contributed by atoms with Crippen molar-refractivity contribution in [1.29, 1.82) is 0 Å². The van der Waals surface area contributed by atoms with Crippen molar-refractivity contribution in [2.75, 3.05) is 0 Å². The van der Waals surface area contributed by atoms with Crippen LogP contribution >= 0.6 is 11.3 Å². The minimum atomic E-state index is -0.150. The molecular weight excluding hydrogens is 349 g/mol. The molecule has 6 heteroatoms. The first-order valence-corrected chi connectivity index (χ1v) is 9.84. The molecule has 1 aliphatic heterocycles. The van der Waals surface area contributed by atoms with E-state index in [1.54, 1.807) is 23.5 Å². The second-order valence-corrected chi connectivity index (χ2v) is 8.34. The maximum atomic E-state index is 14.0. The molecule has 2 aliphatic rings. The van der Waals surface area contributed by atoms with Crippen LogP contribution in [0.4, 0.5) is 4.39 Å². The summed E-state index contributed by atoms with van der Waals surface area (Å²) in [5, 5.41) is 9.65. The van der Waals surface area contributed by atoms with E-state index in [-0.39, 0.29) is 11.7 Å². The van der Waals surface area contributed by atoms with Crippen molar-refractivity contribution >= 4 is 11.3 Å². The van der Waals surface area contributed by atoms with Gasteiger partial charge in [-0.25, -0.2) is 4.39 Å². The van der Waals surface area contributed by atoms with E-state index in [9.17, 15) is 4.39 Å². The van der Waals surface area contributed by atoms with Gasteiger partial charge in [0.2, 0.25) is 0 Å². The summed E-state index contributed by atoms with van der Waals surface area (Å²) in [5.74, 6) is 1.82. The summed E-state index contributed by atoms with van der Waals surface area (Å²) in [6, 6.07) is 5.27. The van der Waals surface area contributed by atoms with Crippen LogP contribution < -0.4 is 0 Å². The van der Waals surface area contributed by atoms with Crippen LogP contribution in [0.2, 0.25) is 0 Å². The lowest BCUT2D eigenvalue weighted by molar-refractivity contribution is 0.104. The van der Waals surface area contributed by atoms with Crippen LogP contribution in [0, 0.1) is 19.7 Å². The van der Waals surface area contributed by atoms with Gasteiger partial charge in [-0.15, -0.1) is 21.5 Å². The first-order valence-electron chi connectivity index (χ1n) is 9.03. The summed E-state index contributed by atoms with van der Waals surface area (Å²) in [6.07, 6.45) is 3.21. The van der Waals surface area contributed by atoms with E-state index in [2.05, 4.69) is 21.7 Å². The molecule has 0 saturated heterocycles. The Labute approximate surface area is 155 Å². The van der Waals surface area contributed by atoms with Crippen molar-refractivity contribution in [3.8, 4) is 5.00 Å². The van der Waals surface area contributed by atoms with Crippen LogP contribution in [0.15, 0.2) is 18.2 Å². The fraction of sp³-hybridized carbons (Fsp3) is 0.400. The van der Waals surface area contributed by atoms with E-state index in [4.69, 9.17) is 4.74 Å². The lowest BCUT2D eigenvalue weighted by Crippen LogP contribution is -2.13. The van der Waals surface area contributed by atoms with Crippen molar-refractivity contribution in [2.45, 2.75) is 52.2 Å². The largest absolute Gasteiger partial charge is 0.369 e. The number of aromatic nitrogens is 3. The van der Waals surface area contributed by atoms with E-state index < -0.39 is 0 Å². The van der Waals surface area contributed by atoms with Gasteiger partial charge in [0.1, 0.15) is 23.2 Å². The number of rotatable bonds is 1. The minimum Gasteiger partial charge on any atom is -0.369 e. The van der Waals surface area contributed by atoms with Crippen LogP contribution in [0.1, 0.15) is 57.5 Å². The zero-order chi connectivity index (χ0) is 17.8. The lowest BCUT2D eigenvalue weighted by Gasteiger charge is -2.27. The van der Waals surface area contributed by atoms with Crippen LogP contribution in [0.3, 0.4) is 0 Å². The molecule has 0 radical (unpaired) electrons. The van der Waals surface area contributed by atoms with Gasteiger partial charge in [0.15, 0.2) is 5.82 Å². The molecule has 1 atom stereocenters. The van der Waals surface area contributed by atoms with Gasteiger partial charge in [-0.2, -0.15) is 0 Å². The Kier molecular flexibility index (Phi) is 3.72. The summed E-state index contributed by atoms with van der Waals surface area (Å²) in [4.78, 5) is 1.28. The molecule has 5 rings (SSSR count). The Bertz CT molecular complexity index is 1010. The van der Waals surface area contributed by atoms with Crippen molar-refractivity contribution < 1.29 is 9.13 Å². The molecule has 0 saturated carbocycles. The van der Waals surface area contributed by atoms with Crippen LogP contribution in [-0.2, 0) is 24.4 Å². The van der Waals surface area contributed by atoms with Gasteiger partial charge in [-0.3, -0.25) is 4.57 Å². The van der Waals surface area contributed by atoms with Gasteiger partial charge in [0.25, 0.3) is 0 Å². The van der Waals surface area contributed by atoms with Gasteiger partial charge in [0.05, 0.1) is 6.61 Å². The summed E-state index contributed by atoms with van der Waals surface area (Å²) in [5.41, 5.74) is 4.95. The number of hydrogen-bond donors (Lipinski definition) is 0. The molecule has 0 amide bonds. The topological polar surface area (TPSA) is 39.9 Å². The molecule has 1 aliphatic carbocycles.